The van der Waals surface area contributed by atoms with Gasteiger partial charge in [-0.3, -0.25) is 9.59 Å². The number of piperidine rings is 1. The van der Waals surface area contributed by atoms with E-state index in [2.05, 4.69) is 5.32 Å². The Balaban J connectivity index is 1.51. The summed E-state index contributed by atoms with van der Waals surface area (Å²) in [6, 6.07) is 4.14. The average molecular weight is 339 g/mol. The third-order valence-corrected chi connectivity index (χ3v) is 5.11. The second kappa shape index (κ2) is 6.87. The maximum atomic E-state index is 13.1. The standard InChI is InChI=1S/C17H20ClFN2O2/c18-14-10-13(4-5-15(14)19)20-16(22)11-6-8-21(9-7-11)17(23)12-2-1-3-12/h4-5,10-12H,1-3,6-9H2,(H,20,22). The Hall–Kier alpha value is -1.62. The zero-order valence-corrected chi connectivity index (χ0v) is 13.6. The Kier molecular flexibility index (Phi) is 4.85. The number of hydrogen-bond acceptors (Lipinski definition) is 2. The Bertz CT molecular complexity index is 611. The number of amides is 2. The second-order valence-corrected chi connectivity index (χ2v) is 6.75. The molecule has 2 aliphatic rings. The predicted octanol–water partition coefficient (Wildman–Crippen LogP) is 3.46. The Morgan fingerprint density at radius 2 is 1.83 bits per heavy atom. The molecule has 6 heteroatoms. The molecule has 1 aliphatic carbocycles. The zero-order valence-electron chi connectivity index (χ0n) is 12.9. The van der Waals surface area contributed by atoms with Gasteiger partial charge in [-0.05, 0) is 43.9 Å². The van der Waals surface area contributed by atoms with Gasteiger partial charge < -0.3 is 10.2 Å². The van der Waals surface area contributed by atoms with E-state index in [1.807, 2.05) is 4.90 Å². The maximum Gasteiger partial charge on any atom is 0.227 e. The molecule has 1 saturated carbocycles. The lowest BCUT2D eigenvalue weighted by atomic mass is 9.83. The molecular weight excluding hydrogens is 319 g/mol. The molecule has 0 unspecified atom stereocenters. The minimum absolute atomic E-state index is 0.0104. The normalized spacial score (nSPS) is 19.3. The van der Waals surface area contributed by atoms with Crippen molar-refractivity contribution in [3.8, 4) is 0 Å². The van der Waals surface area contributed by atoms with Crippen LogP contribution in [0.1, 0.15) is 32.1 Å². The van der Waals surface area contributed by atoms with Gasteiger partial charge in [-0.1, -0.05) is 18.0 Å². The molecule has 1 aromatic carbocycles. The highest BCUT2D eigenvalue weighted by molar-refractivity contribution is 6.31. The molecule has 0 atom stereocenters. The first-order chi connectivity index (χ1) is 11.0. The molecule has 23 heavy (non-hydrogen) atoms. The van der Waals surface area contributed by atoms with Crippen molar-refractivity contribution in [1.82, 2.24) is 4.90 Å². The number of benzene rings is 1. The molecule has 3 rings (SSSR count). The van der Waals surface area contributed by atoms with Crippen molar-refractivity contribution in [1.29, 1.82) is 0 Å². The summed E-state index contributed by atoms with van der Waals surface area (Å²) in [5.74, 6) is -0.262. The zero-order chi connectivity index (χ0) is 16.4. The summed E-state index contributed by atoms with van der Waals surface area (Å²) in [6.45, 7) is 1.27. The van der Waals surface area contributed by atoms with E-state index < -0.39 is 5.82 Å². The van der Waals surface area contributed by atoms with Gasteiger partial charge in [0.05, 0.1) is 5.02 Å². The van der Waals surface area contributed by atoms with Crippen LogP contribution in [0.15, 0.2) is 18.2 Å². The predicted molar refractivity (Wildman–Crippen MR) is 86.7 cm³/mol. The van der Waals surface area contributed by atoms with Crippen LogP contribution in [0.5, 0.6) is 0 Å². The largest absolute Gasteiger partial charge is 0.342 e. The van der Waals surface area contributed by atoms with Crippen molar-refractivity contribution in [3.05, 3.63) is 29.0 Å². The van der Waals surface area contributed by atoms with Crippen LogP contribution in [0, 0.1) is 17.7 Å². The van der Waals surface area contributed by atoms with E-state index in [1.165, 1.54) is 18.2 Å². The van der Waals surface area contributed by atoms with Crippen LogP contribution < -0.4 is 5.32 Å². The van der Waals surface area contributed by atoms with Gasteiger partial charge in [0.1, 0.15) is 5.82 Å². The Morgan fingerprint density at radius 1 is 1.13 bits per heavy atom. The molecule has 4 nitrogen and oxygen atoms in total. The Labute approximate surface area is 140 Å². The lowest BCUT2D eigenvalue weighted by molar-refractivity contribution is -0.140. The van der Waals surface area contributed by atoms with Crippen LogP contribution in [-0.2, 0) is 9.59 Å². The van der Waals surface area contributed by atoms with Gasteiger partial charge in [-0.25, -0.2) is 4.39 Å². The van der Waals surface area contributed by atoms with Crippen molar-refractivity contribution in [3.63, 3.8) is 0 Å². The van der Waals surface area contributed by atoms with Crippen molar-refractivity contribution in [2.45, 2.75) is 32.1 Å². The van der Waals surface area contributed by atoms with Crippen molar-refractivity contribution in [2.24, 2.45) is 11.8 Å². The van der Waals surface area contributed by atoms with Crippen LogP contribution in [0.4, 0.5) is 10.1 Å². The van der Waals surface area contributed by atoms with Gasteiger partial charge in [-0.2, -0.15) is 0 Å². The number of likely N-dealkylation sites (tertiary alicyclic amines) is 1. The molecule has 1 aromatic rings. The van der Waals surface area contributed by atoms with Crippen LogP contribution in [-0.4, -0.2) is 29.8 Å². The van der Waals surface area contributed by atoms with E-state index in [4.69, 9.17) is 11.6 Å². The number of anilines is 1. The molecule has 2 amide bonds. The highest BCUT2D eigenvalue weighted by Gasteiger charge is 2.33. The molecule has 2 fully saturated rings. The second-order valence-electron chi connectivity index (χ2n) is 6.35. The molecule has 0 aromatic heterocycles. The smallest absolute Gasteiger partial charge is 0.227 e. The number of rotatable bonds is 3. The first kappa shape index (κ1) is 16.2. The highest BCUT2D eigenvalue weighted by atomic mass is 35.5. The van der Waals surface area contributed by atoms with E-state index in [-0.39, 0.29) is 28.7 Å². The fourth-order valence-corrected chi connectivity index (χ4v) is 3.27. The summed E-state index contributed by atoms with van der Waals surface area (Å²) in [5.41, 5.74) is 0.495. The topological polar surface area (TPSA) is 49.4 Å². The summed E-state index contributed by atoms with van der Waals surface area (Å²) >= 11 is 5.72. The van der Waals surface area contributed by atoms with E-state index in [9.17, 15) is 14.0 Å². The van der Waals surface area contributed by atoms with Gasteiger partial charge in [-0.15, -0.1) is 0 Å². The van der Waals surface area contributed by atoms with Gasteiger partial charge in [0.25, 0.3) is 0 Å². The first-order valence-corrected chi connectivity index (χ1v) is 8.47. The number of nitrogens with zero attached hydrogens (tertiary/aromatic N) is 1. The minimum Gasteiger partial charge on any atom is -0.342 e. The third-order valence-electron chi connectivity index (χ3n) is 4.82. The molecule has 1 saturated heterocycles. The summed E-state index contributed by atoms with van der Waals surface area (Å²) < 4.78 is 13.1. The maximum absolute atomic E-state index is 13.1. The summed E-state index contributed by atoms with van der Waals surface area (Å²) in [4.78, 5) is 26.4. The first-order valence-electron chi connectivity index (χ1n) is 8.09. The molecular formula is C17H20ClFN2O2. The van der Waals surface area contributed by atoms with Crippen molar-refractivity contribution < 1.29 is 14.0 Å². The molecule has 1 aliphatic heterocycles. The Morgan fingerprint density at radius 3 is 2.39 bits per heavy atom. The fourth-order valence-electron chi connectivity index (χ4n) is 3.09. The lowest BCUT2D eigenvalue weighted by Gasteiger charge is -2.36. The monoisotopic (exact) mass is 338 g/mol. The van der Waals surface area contributed by atoms with E-state index >= 15 is 0 Å². The fraction of sp³-hybridized carbons (Fsp3) is 0.529. The van der Waals surface area contributed by atoms with Crippen molar-refractivity contribution in [2.75, 3.05) is 18.4 Å². The molecule has 1 heterocycles. The lowest BCUT2D eigenvalue weighted by Crippen LogP contribution is -2.45. The molecule has 0 spiro atoms. The number of nitrogens with one attached hydrogen (secondary N) is 1. The molecule has 0 bridgehead atoms. The summed E-state index contributed by atoms with van der Waals surface area (Å²) in [7, 11) is 0. The number of hydrogen-bond donors (Lipinski definition) is 1. The van der Waals surface area contributed by atoms with Gasteiger partial charge in [0.2, 0.25) is 11.8 Å². The van der Waals surface area contributed by atoms with E-state index in [1.54, 1.807) is 0 Å². The molecule has 1 N–H and O–H groups in total. The van der Waals surface area contributed by atoms with E-state index in [0.29, 0.717) is 31.6 Å². The van der Waals surface area contributed by atoms with Crippen LogP contribution >= 0.6 is 11.6 Å². The number of carbonyl (C=O) groups excluding carboxylic acids is 2. The summed E-state index contributed by atoms with van der Waals surface area (Å²) in [6.07, 6.45) is 4.49. The third kappa shape index (κ3) is 3.66. The summed E-state index contributed by atoms with van der Waals surface area (Å²) in [5, 5.41) is 2.76. The minimum atomic E-state index is -0.507. The van der Waals surface area contributed by atoms with Crippen LogP contribution in [0.2, 0.25) is 5.02 Å². The van der Waals surface area contributed by atoms with Crippen LogP contribution in [0.3, 0.4) is 0 Å². The number of carbonyl (C=O) groups is 2. The number of halogens is 2. The quantitative estimate of drug-likeness (QED) is 0.917. The van der Waals surface area contributed by atoms with Gasteiger partial charge in [0.15, 0.2) is 0 Å². The van der Waals surface area contributed by atoms with Gasteiger partial charge in [0, 0.05) is 30.6 Å². The average Bonchev–Trinajstić information content (AvgIpc) is 2.49. The van der Waals surface area contributed by atoms with Crippen LogP contribution in [0.25, 0.3) is 0 Å². The van der Waals surface area contributed by atoms with E-state index in [0.717, 1.165) is 19.3 Å². The molecule has 124 valence electrons. The molecule has 0 radical (unpaired) electrons. The SMILES string of the molecule is O=C(Nc1ccc(F)c(Cl)c1)C1CCN(C(=O)C2CCC2)CC1. The van der Waals surface area contributed by atoms with Crippen molar-refractivity contribution >= 4 is 29.1 Å². The highest BCUT2D eigenvalue weighted by Crippen LogP contribution is 2.30. The van der Waals surface area contributed by atoms with Gasteiger partial charge >= 0.3 is 0 Å².